The number of rotatable bonds is 2. The number of aryl methyl sites for hydroxylation is 1. The van der Waals surface area contributed by atoms with Gasteiger partial charge in [-0.3, -0.25) is 14.4 Å². The van der Waals surface area contributed by atoms with Crippen molar-refractivity contribution >= 4 is 28.2 Å². The van der Waals surface area contributed by atoms with Gasteiger partial charge in [-0.1, -0.05) is 18.2 Å². The molecular formula is C27H25NO8. The normalized spacial score (nSPS) is 23.3. The van der Waals surface area contributed by atoms with Crippen LogP contribution >= 0.6 is 0 Å². The van der Waals surface area contributed by atoms with Crippen LogP contribution in [0.1, 0.15) is 69.3 Å². The van der Waals surface area contributed by atoms with Crippen molar-refractivity contribution in [2.75, 3.05) is 0 Å². The van der Waals surface area contributed by atoms with Crippen LogP contribution in [0.25, 0.3) is 10.8 Å². The van der Waals surface area contributed by atoms with Crippen molar-refractivity contribution in [3.63, 3.8) is 0 Å². The number of aromatic hydroxyl groups is 3. The molecule has 0 radical (unpaired) electrons. The van der Waals surface area contributed by atoms with Gasteiger partial charge >= 0.3 is 0 Å². The molecule has 4 atom stereocenters. The molecule has 3 aromatic carbocycles. The maximum absolute atomic E-state index is 13.6. The minimum atomic E-state index is -1.02. The van der Waals surface area contributed by atoms with Gasteiger partial charge in [-0.25, -0.2) is 0 Å². The summed E-state index contributed by atoms with van der Waals surface area (Å²) >= 11 is 0. The van der Waals surface area contributed by atoms with Gasteiger partial charge in [0.05, 0.1) is 29.4 Å². The number of carbonyl (C=O) groups is 3. The van der Waals surface area contributed by atoms with Crippen molar-refractivity contribution in [3.05, 3.63) is 63.7 Å². The summed E-state index contributed by atoms with van der Waals surface area (Å²) in [4.78, 5) is 38.9. The second kappa shape index (κ2) is 8.32. The predicted octanol–water partition coefficient (Wildman–Crippen LogP) is 2.76. The molecule has 9 nitrogen and oxygen atoms in total. The smallest absolute Gasteiger partial charge is 0.217 e. The van der Waals surface area contributed by atoms with E-state index in [1.807, 2.05) is 0 Å². The van der Waals surface area contributed by atoms with Gasteiger partial charge in [-0.2, -0.15) is 0 Å². The van der Waals surface area contributed by atoms with Crippen molar-refractivity contribution in [3.8, 4) is 17.2 Å². The molecule has 36 heavy (non-hydrogen) atoms. The monoisotopic (exact) mass is 491 g/mol. The number of benzene rings is 3. The number of aliphatic hydroxyl groups is 1. The van der Waals surface area contributed by atoms with Gasteiger partial charge in [0, 0.05) is 35.4 Å². The van der Waals surface area contributed by atoms with Gasteiger partial charge in [-0.05, 0) is 36.9 Å². The summed E-state index contributed by atoms with van der Waals surface area (Å²) in [5, 5.41) is 46.5. The topological polar surface area (TPSA) is 153 Å². The molecule has 3 aromatic rings. The Balaban J connectivity index is 1.82. The Morgan fingerprint density at radius 1 is 1.03 bits per heavy atom. The lowest BCUT2D eigenvalue weighted by Crippen LogP contribution is -2.52. The number of fused-ring (bicyclic) bond motifs is 4. The van der Waals surface area contributed by atoms with E-state index in [-0.39, 0.29) is 51.3 Å². The molecule has 4 unspecified atom stereocenters. The molecule has 186 valence electrons. The summed E-state index contributed by atoms with van der Waals surface area (Å²) in [6, 6.07) is 6.54. The van der Waals surface area contributed by atoms with Crippen molar-refractivity contribution in [1.29, 1.82) is 0 Å². The molecule has 9 heteroatoms. The first kappa shape index (κ1) is 23.8. The fourth-order valence-corrected chi connectivity index (χ4v) is 5.43. The number of carbonyl (C=O) groups excluding carboxylic acids is 3. The highest BCUT2D eigenvalue weighted by Crippen LogP contribution is 2.49. The SMILES string of the molecule is CC(=O)NC1CC(c2c(O)c3c(c4c(O)cc(C)cc24)C(=O)c2cccc(O)c2C3=O)OC(C)C1O. The standard InChI is InChI=1S/C27H25NO8/c1-10-7-14-19(17(31)8-10)22-23(26(34)20-13(25(22)33)5-4-6-16(20)30)27(35)21(14)18-9-15(28-12(3)29)24(32)11(2)36-18/h4-8,11,15,18,24,30-32,35H,9H2,1-3H3,(H,28,29). The van der Waals surface area contributed by atoms with Gasteiger partial charge in [-0.15, -0.1) is 0 Å². The Hall–Kier alpha value is -3.95. The fourth-order valence-electron chi connectivity index (χ4n) is 5.43. The molecule has 5 N–H and O–H groups in total. The Morgan fingerprint density at radius 3 is 2.44 bits per heavy atom. The number of aliphatic hydroxyl groups excluding tert-OH is 1. The second-order valence-electron chi connectivity index (χ2n) is 9.44. The first-order valence-electron chi connectivity index (χ1n) is 11.5. The molecule has 1 heterocycles. The second-order valence-corrected chi connectivity index (χ2v) is 9.44. The first-order valence-corrected chi connectivity index (χ1v) is 11.5. The van der Waals surface area contributed by atoms with E-state index in [1.54, 1.807) is 19.9 Å². The molecule has 0 saturated carbocycles. The van der Waals surface area contributed by atoms with Crippen LogP contribution in [-0.4, -0.2) is 56.1 Å². The van der Waals surface area contributed by atoms with Crippen LogP contribution in [-0.2, 0) is 9.53 Å². The van der Waals surface area contributed by atoms with Crippen LogP contribution in [0.5, 0.6) is 17.2 Å². The van der Waals surface area contributed by atoms with Crippen LogP contribution in [0, 0.1) is 6.92 Å². The van der Waals surface area contributed by atoms with E-state index >= 15 is 0 Å². The van der Waals surface area contributed by atoms with E-state index in [2.05, 4.69) is 5.32 Å². The number of phenols is 3. The zero-order chi connectivity index (χ0) is 26.0. The minimum absolute atomic E-state index is 0.0303. The van der Waals surface area contributed by atoms with E-state index in [9.17, 15) is 34.8 Å². The summed E-state index contributed by atoms with van der Waals surface area (Å²) in [6.45, 7) is 4.67. The molecule has 1 amide bonds. The fraction of sp³-hybridized carbons (Fsp3) is 0.296. The van der Waals surface area contributed by atoms with Gasteiger partial charge < -0.3 is 30.5 Å². The molecule has 1 fully saturated rings. The van der Waals surface area contributed by atoms with Gasteiger partial charge in [0.25, 0.3) is 0 Å². The largest absolute Gasteiger partial charge is 0.507 e. The van der Waals surface area contributed by atoms with Crippen LogP contribution in [0.4, 0.5) is 0 Å². The zero-order valence-electron chi connectivity index (χ0n) is 19.8. The van der Waals surface area contributed by atoms with E-state index in [1.165, 1.54) is 31.2 Å². The van der Waals surface area contributed by atoms with E-state index in [4.69, 9.17) is 4.74 Å². The Kier molecular flexibility index (Phi) is 5.50. The summed E-state index contributed by atoms with van der Waals surface area (Å²) < 4.78 is 6.02. The molecular weight excluding hydrogens is 466 g/mol. The maximum atomic E-state index is 13.6. The van der Waals surface area contributed by atoms with Crippen molar-refractivity contribution in [2.24, 2.45) is 0 Å². The van der Waals surface area contributed by atoms with Crippen LogP contribution in [0.2, 0.25) is 0 Å². The Bertz CT molecular complexity index is 1480. The third-order valence-electron chi connectivity index (χ3n) is 6.96. The summed E-state index contributed by atoms with van der Waals surface area (Å²) in [7, 11) is 0. The number of ether oxygens (including phenoxy) is 1. The molecule has 5 rings (SSSR count). The van der Waals surface area contributed by atoms with Crippen molar-refractivity contribution in [2.45, 2.75) is 51.5 Å². The lowest BCUT2D eigenvalue weighted by molar-refractivity contribution is -0.137. The molecule has 0 bridgehead atoms. The van der Waals surface area contributed by atoms with Crippen molar-refractivity contribution < 1.29 is 39.5 Å². The van der Waals surface area contributed by atoms with Gasteiger partial charge in [0.1, 0.15) is 23.4 Å². The highest BCUT2D eigenvalue weighted by atomic mass is 16.5. The maximum Gasteiger partial charge on any atom is 0.217 e. The minimum Gasteiger partial charge on any atom is -0.507 e. The number of phenolic OH excluding ortho intramolecular Hbond substituents is 3. The van der Waals surface area contributed by atoms with E-state index < -0.39 is 47.4 Å². The van der Waals surface area contributed by atoms with Crippen LogP contribution in [0.3, 0.4) is 0 Å². The molecule has 0 aromatic heterocycles. The average molecular weight is 491 g/mol. The number of ketones is 2. The molecule has 1 aliphatic heterocycles. The Morgan fingerprint density at radius 2 is 1.75 bits per heavy atom. The molecule has 0 spiro atoms. The van der Waals surface area contributed by atoms with Gasteiger partial charge in [0.15, 0.2) is 5.78 Å². The third kappa shape index (κ3) is 3.42. The summed E-state index contributed by atoms with van der Waals surface area (Å²) in [5.74, 6) is -2.90. The highest BCUT2D eigenvalue weighted by Gasteiger charge is 2.42. The van der Waals surface area contributed by atoms with Crippen LogP contribution < -0.4 is 5.32 Å². The van der Waals surface area contributed by atoms with Crippen LogP contribution in [0.15, 0.2) is 30.3 Å². The third-order valence-corrected chi connectivity index (χ3v) is 6.96. The Labute approximate surface area is 205 Å². The predicted molar refractivity (Wildman–Crippen MR) is 129 cm³/mol. The molecule has 2 aliphatic rings. The summed E-state index contributed by atoms with van der Waals surface area (Å²) in [5.41, 5.74) is 0.0275. The lowest BCUT2D eigenvalue weighted by Gasteiger charge is -2.39. The van der Waals surface area contributed by atoms with Gasteiger partial charge in [0.2, 0.25) is 11.7 Å². The number of nitrogens with one attached hydrogen (secondary N) is 1. The highest BCUT2D eigenvalue weighted by molar-refractivity contribution is 6.34. The van der Waals surface area contributed by atoms with E-state index in [0.717, 1.165) is 0 Å². The first-order chi connectivity index (χ1) is 17.0. The molecule has 1 aliphatic carbocycles. The summed E-state index contributed by atoms with van der Waals surface area (Å²) in [6.07, 6.45) is -2.60. The number of hydrogen-bond acceptors (Lipinski definition) is 8. The number of amides is 1. The number of hydrogen-bond donors (Lipinski definition) is 5. The lowest BCUT2D eigenvalue weighted by atomic mass is 9.77. The quantitative estimate of drug-likeness (QED) is 0.287. The van der Waals surface area contributed by atoms with E-state index in [0.29, 0.717) is 10.9 Å². The average Bonchev–Trinajstić information content (AvgIpc) is 2.79. The zero-order valence-corrected chi connectivity index (χ0v) is 19.8. The van der Waals surface area contributed by atoms with Crippen molar-refractivity contribution in [1.82, 2.24) is 5.32 Å². The molecule has 1 saturated heterocycles.